The molecule has 0 atom stereocenters. The van der Waals surface area contributed by atoms with Crippen LogP contribution < -0.4 is 10.0 Å². The Morgan fingerprint density at radius 2 is 2.05 bits per heavy atom. The number of halogens is 1. The lowest BCUT2D eigenvalue weighted by Gasteiger charge is -2.09. The number of aromatic carboxylic acids is 1. The van der Waals surface area contributed by atoms with Gasteiger partial charge >= 0.3 is 5.97 Å². The molecule has 1 aromatic rings. The topological polar surface area (TPSA) is 95.5 Å². The Labute approximate surface area is 128 Å². The summed E-state index contributed by atoms with van der Waals surface area (Å²) in [4.78, 5) is 10.7. The number of sulfonamides is 1. The Morgan fingerprint density at radius 3 is 2.67 bits per heavy atom. The molecule has 1 fully saturated rings. The van der Waals surface area contributed by atoms with Crippen molar-refractivity contribution >= 4 is 27.6 Å². The molecule has 21 heavy (non-hydrogen) atoms. The molecule has 0 aliphatic heterocycles. The predicted octanol–water partition coefficient (Wildman–Crippen LogP) is 1.46. The van der Waals surface area contributed by atoms with Gasteiger partial charge in [0.25, 0.3) is 0 Å². The van der Waals surface area contributed by atoms with E-state index >= 15 is 0 Å². The molecule has 1 aliphatic rings. The highest BCUT2D eigenvalue weighted by atomic mass is 35.5. The van der Waals surface area contributed by atoms with Crippen molar-refractivity contribution in [1.82, 2.24) is 10.0 Å². The second-order valence-electron chi connectivity index (χ2n) is 4.93. The summed E-state index contributed by atoms with van der Waals surface area (Å²) in [7, 11) is -3.81. The summed E-state index contributed by atoms with van der Waals surface area (Å²) in [6.45, 7) is 1.02. The largest absolute Gasteiger partial charge is 0.478 e. The minimum atomic E-state index is -3.81. The number of carboxylic acids is 1. The molecule has 0 aromatic heterocycles. The zero-order chi connectivity index (χ0) is 15.5. The first-order chi connectivity index (χ1) is 9.90. The zero-order valence-corrected chi connectivity index (χ0v) is 12.9. The number of rotatable bonds is 8. The Bertz CT molecular complexity index is 629. The smallest absolute Gasteiger partial charge is 0.335 e. The molecule has 0 spiro atoms. The molecular formula is C13H17ClN2O4S. The molecule has 0 amide bonds. The Balaban J connectivity index is 1.97. The lowest BCUT2D eigenvalue weighted by atomic mass is 10.2. The van der Waals surface area contributed by atoms with Crippen LogP contribution in [0.15, 0.2) is 23.1 Å². The van der Waals surface area contributed by atoms with Crippen LogP contribution in [0.3, 0.4) is 0 Å². The maximum atomic E-state index is 12.1. The SMILES string of the molecule is O=C(O)c1ccc(Cl)c(S(=O)(=O)NCCCNC2CC2)c1. The van der Waals surface area contributed by atoms with Crippen LogP contribution in [-0.4, -0.2) is 38.6 Å². The fourth-order valence-electron chi connectivity index (χ4n) is 1.81. The fourth-order valence-corrected chi connectivity index (χ4v) is 3.41. The van der Waals surface area contributed by atoms with E-state index in [0.29, 0.717) is 12.5 Å². The number of carbonyl (C=O) groups is 1. The van der Waals surface area contributed by atoms with E-state index in [4.69, 9.17) is 16.7 Å². The lowest BCUT2D eigenvalue weighted by molar-refractivity contribution is 0.0696. The van der Waals surface area contributed by atoms with E-state index in [1.54, 1.807) is 0 Å². The molecule has 0 radical (unpaired) electrons. The molecular weight excluding hydrogens is 316 g/mol. The van der Waals surface area contributed by atoms with Gasteiger partial charge in [-0.05, 0) is 44.0 Å². The summed E-state index contributed by atoms with van der Waals surface area (Å²) in [6, 6.07) is 4.19. The van der Waals surface area contributed by atoms with Crippen molar-refractivity contribution in [2.24, 2.45) is 0 Å². The van der Waals surface area contributed by atoms with Crippen molar-refractivity contribution in [1.29, 1.82) is 0 Å². The van der Waals surface area contributed by atoms with Crippen LogP contribution in [-0.2, 0) is 10.0 Å². The molecule has 3 N–H and O–H groups in total. The normalized spacial score (nSPS) is 15.1. The monoisotopic (exact) mass is 332 g/mol. The van der Waals surface area contributed by atoms with E-state index in [-0.39, 0.29) is 22.0 Å². The number of hydrogen-bond acceptors (Lipinski definition) is 4. The van der Waals surface area contributed by atoms with Crippen molar-refractivity contribution in [2.75, 3.05) is 13.1 Å². The molecule has 0 saturated heterocycles. The Kier molecular flexibility index (Phi) is 5.21. The first kappa shape index (κ1) is 16.2. The average molecular weight is 333 g/mol. The Hall–Kier alpha value is -1.15. The van der Waals surface area contributed by atoms with Crippen molar-refractivity contribution in [2.45, 2.75) is 30.2 Å². The summed E-state index contributed by atoms with van der Waals surface area (Å²) in [6.07, 6.45) is 3.03. The van der Waals surface area contributed by atoms with Crippen LogP contribution in [0.2, 0.25) is 5.02 Å². The summed E-state index contributed by atoms with van der Waals surface area (Å²) in [5, 5.41) is 12.2. The molecule has 2 rings (SSSR count). The van der Waals surface area contributed by atoms with Gasteiger partial charge in [-0.3, -0.25) is 0 Å². The van der Waals surface area contributed by atoms with Gasteiger partial charge in [0.15, 0.2) is 0 Å². The van der Waals surface area contributed by atoms with E-state index in [1.807, 2.05) is 0 Å². The number of carboxylic acid groups (broad SMARTS) is 1. The van der Waals surface area contributed by atoms with Crippen molar-refractivity contribution < 1.29 is 18.3 Å². The highest BCUT2D eigenvalue weighted by Crippen LogP contribution is 2.22. The van der Waals surface area contributed by atoms with Gasteiger partial charge in [0.2, 0.25) is 10.0 Å². The van der Waals surface area contributed by atoms with Crippen LogP contribution in [0, 0.1) is 0 Å². The number of nitrogens with one attached hydrogen (secondary N) is 2. The average Bonchev–Trinajstić information content (AvgIpc) is 3.22. The first-order valence-electron chi connectivity index (χ1n) is 6.66. The number of hydrogen-bond donors (Lipinski definition) is 3. The van der Waals surface area contributed by atoms with Gasteiger partial charge in [0.05, 0.1) is 10.6 Å². The quantitative estimate of drug-likeness (QED) is 0.626. The van der Waals surface area contributed by atoms with Crippen molar-refractivity contribution in [3.63, 3.8) is 0 Å². The van der Waals surface area contributed by atoms with E-state index in [1.165, 1.54) is 25.0 Å². The fraction of sp³-hybridized carbons (Fsp3) is 0.462. The van der Waals surface area contributed by atoms with Gasteiger partial charge in [-0.1, -0.05) is 11.6 Å². The lowest BCUT2D eigenvalue weighted by Crippen LogP contribution is -2.28. The molecule has 0 heterocycles. The Morgan fingerprint density at radius 1 is 1.33 bits per heavy atom. The molecule has 0 bridgehead atoms. The molecule has 6 nitrogen and oxygen atoms in total. The van der Waals surface area contributed by atoms with E-state index in [2.05, 4.69) is 10.0 Å². The third-order valence-electron chi connectivity index (χ3n) is 3.12. The third kappa shape index (κ3) is 4.67. The summed E-state index contributed by atoms with van der Waals surface area (Å²) in [5.41, 5.74) is -0.116. The molecule has 116 valence electrons. The van der Waals surface area contributed by atoms with Crippen molar-refractivity contribution in [3.05, 3.63) is 28.8 Å². The van der Waals surface area contributed by atoms with E-state index in [9.17, 15) is 13.2 Å². The minimum Gasteiger partial charge on any atom is -0.478 e. The predicted molar refractivity (Wildman–Crippen MR) is 79.2 cm³/mol. The van der Waals surface area contributed by atoms with Gasteiger partial charge in [-0.2, -0.15) is 0 Å². The maximum absolute atomic E-state index is 12.1. The first-order valence-corrected chi connectivity index (χ1v) is 8.52. The molecule has 0 unspecified atom stereocenters. The highest BCUT2D eigenvalue weighted by Gasteiger charge is 2.21. The van der Waals surface area contributed by atoms with E-state index < -0.39 is 16.0 Å². The van der Waals surface area contributed by atoms with Gasteiger partial charge in [0, 0.05) is 12.6 Å². The summed E-state index contributed by atoms with van der Waals surface area (Å²) < 4.78 is 26.7. The second-order valence-corrected chi connectivity index (χ2v) is 7.07. The van der Waals surface area contributed by atoms with Gasteiger partial charge in [-0.25, -0.2) is 17.9 Å². The summed E-state index contributed by atoms with van der Waals surface area (Å²) >= 11 is 5.85. The van der Waals surface area contributed by atoms with Crippen LogP contribution >= 0.6 is 11.6 Å². The highest BCUT2D eigenvalue weighted by molar-refractivity contribution is 7.89. The maximum Gasteiger partial charge on any atom is 0.335 e. The van der Waals surface area contributed by atoms with Gasteiger partial charge < -0.3 is 10.4 Å². The van der Waals surface area contributed by atoms with Crippen LogP contribution in [0.1, 0.15) is 29.6 Å². The van der Waals surface area contributed by atoms with Crippen molar-refractivity contribution in [3.8, 4) is 0 Å². The summed E-state index contributed by atoms with van der Waals surface area (Å²) in [5.74, 6) is -1.20. The van der Waals surface area contributed by atoms with Gasteiger partial charge in [0.1, 0.15) is 4.90 Å². The molecule has 1 saturated carbocycles. The zero-order valence-electron chi connectivity index (χ0n) is 11.3. The standard InChI is InChI=1S/C13H17ClN2O4S/c14-11-5-2-9(13(17)18)8-12(11)21(19,20)16-7-1-6-15-10-3-4-10/h2,5,8,10,15-16H,1,3-4,6-7H2,(H,17,18). The van der Waals surface area contributed by atoms with Gasteiger partial charge in [-0.15, -0.1) is 0 Å². The molecule has 8 heteroatoms. The van der Waals surface area contributed by atoms with Crippen LogP contribution in [0.5, 0.6) is 0 Å². The third-order valence-corrected chi connectivity index (χ3v) is 5.07. The second kappa shape index (κ2) is 6.74. The van der Waals surface area contributed by atoms with E-state index in [0.717, 1.165) is 12.6 Å². The minimum absolute atomic E-state index is 0.00334. The molecule has 1 aromatic carbocycles. The van der Waals surface area contributed by atoms with Crippen LogP contribution in [0.4, 0.5) is 0 Å². The molecule has 1 aliphatic carbocycles. The number of benzene rings is 1. The van der Waals surface area contributed by atoms with Crippen LogP contribution in [0.25, 0.3) is 0 Å².